The maximum absolute atomic E-state index is 12.3. The van der Waals surface area contributed by atoms with Crippen LogP contribution in [0.25, 0.3) is 0 Å². The van der Waals surface area contributed by atoms with Gasteiger partial charge in [0.1, 0.15) is 4.99 Å². The number of benzene rings is 1. The number of aryl methyl sites for hydroxylation is 1. The molecule has 2 aromatic rings. The average Bonchev–Trinajstić information content (AvgIpc) is 2.46. The summed E-state index contributed by atoms with van der Waals surface area (Å²) >= 11 is 4.86. The van der Waals surface area contributed by atoms with Crippen LogP contribution in [0.4, 0.5) is 0 Å². The van der Waals surface area contributed by atoms with Crippen LogP contribution in [0.3, 0.4) is 0 Å². The van der Waals surface area contributed by atoms with Crippen molar-refractivity contribution in [2.45, 2.75) is 18.4 Å². The first kappa shape index (κ1) is 15.6. The zero-order valence-corrected chi connectivity index (χ0v) is 13.0. The fourth-order valence-corrected chi connectivity index (χ4v) is 2.93. The molecule has 1 aromatic carbocycles. The highest BCUT2D eigenvalue weighted by molar-refractivity contribution is 7.89. The Labute approximate surface area is 129 Å². The molecule has 0 radical (unpaired) electrons. The van der Waals surface area contributed by atoms with E-state index in [2.05, 4.69) is 9.71 Å². The number of nitrogens with one attached hydrogen (secondary N) is 1. The van der Waals surface area contributed by atoms with Gasteiger partial charge in [-0.05, 0) is 30.7 Å². The number of nitrogens with zero attached hydrogens (tertiary/aromatic N) is 1. The summed E-state index contributed by atoms with van der Waals surface area (Å²) < 4.78 is 27.1. The molecule has 0 aliphatic carbocycles. The summed E-state index contributed by atoms with van der Waals surface area (Å²) in [5.41, 5.74) is 7.65. The van der Waals surface area contributed by atoms with E-state index in [1.807, 2.05) is 13.0 Å². The quantitative estimate of drug-likeness (QED) is 0.815. The molecule has 0 spiro atoms. The largest absolute Gasteiger partial charge is 0.389 e. The summed E-state index contributed by atoms with van der Waals surface area (Å²) in [4.78, 5) is 4.44. The van der Waals surface area contributed by atoms with Crippen LogP contribution in [0.2, 0.25) is 0 Å². The number of rotatable bonds is 5. The number of hydrogen-bond donors (Lipinski definition) is 2. The molecule has 0 bridgehead atoms. The van der Waals surface area contributed by atoms with E-state index in [0.29, 0.717) is 11.3 Å². The van der Waals surface area contributed by atoms with Crippen LogP contribution in [0.15, 0.2) is 47.5 Å². The molecule has 0 saturated heterocycles. The summed E-state index contributed by atoms with van der Waals surface area (Å²) in [7, 11) is -3.64. The van der Waals surface area contributed by atoms with Gasteiger partial charge < -0.3 is 5.73 Å². The van der Waals surface area contributed by atoms with Gasteiger partial charge >= 0.3 is 0 Å². The Morgan fingerprint density at radius 2 is 2.10 bits per heavy atom. The van der Waals surface area contributed by atoms with Gasteiger partial charge in [-0.25, -0.2) is 13.1 Å². The first-order valence-electron chi connectivity index (χ1n) is 6.20. The smallest absolute Gasteiger partial charge is 0.240 e. The van der Waals surface area contributed by atoms with Gasteiger partial charge in [0.2, 0.25) is 10.0 Å². The minimum atomic E-state index is -3.64. The summed E-state index contributed by atoms with van der Waals surface area (Å²) in [5, 5.41) is 0. The van der Waals surface area contributed by atoms with Crippen molar-refractivity contribution < 1.29 is 8.42 Å². The van der Waals surface area contributed by atoms with Crippen LogP contribution < -0.4 is 10.5 Å². The van der Waals surface area contributed by atoms with Crippen molar-refractivity contribution in [3.8, 4) is 0 Å². The van der Waals surface area contributed by atoms with Gasteiger partial charge in [0.15, 0.2) is 0 Å². The van der Waals surface area contributed by atoms with Gasteiger partial charge in [-0.1, -0.05) is 30.4 Å². The molecule has 3 N–H and O–H groups in total. The van der Waals surface area contributed by atoms with Gasteiger partial charge in [0, 0.05) is 11.8 Å². The van der Waals surface area contributed by atoms with Crippen LogP contribution >= 0.6 is 12.2 Å². The maximum Gasteiger partial charge on any atom is 0.240 e. The fraction of sp³-hybridized carbons (Fsp3) is 0.143. The average molecular weight is 321 g/mol. The normalized spacial score (nSPS) is 11.3. The zero-order chi connectivity index (χ0) is 15.5. The molecular formula is C14H15N3O2S2. The third-order valence-electron chi connectivity index (χ3n) is 2.98. The monoisotopic (exact) mass is 321 g/mol. The van der Waals surface area contributed by atoms with Crippen molar-refractivity contribution >= 4 is 27.2 Å². The molecule has 110 valence electrons. The molecule has 7 heteroatoms. The summed E-state index contributed by atoms with van der Waals surface area (Å²) in [6, 6.07) is 9.91. The van der Waals surface area contributed by atoms with Gasteiger partial charge in [-0.3, -0.25) is 4.98 Å². The highest BCUT2D eigenvalue weighted by Gasteiger charge is 2.15. The minimum absolute atomic E-state index is 0.126. The summed E-state index contributed by atoms with van der Waals surface area (Å²) in [6.45, 7) is 2.01. The Bertz CT molecular complexity index is 773. The summed E-state index contributed by atoms with van der Waals surface area (Å²) in [5.74, 6) is 0. The Kier molecular flexibility index (Phi) is 4.66. The van der Waals surface area contributed by atoms with Crippen molar-refractivity contribution in [3.63, 3.8) is 0 Å². The molecule has 0 amide bonds. The SMILES string of the molecule is Cc1cccnc1CNS(=O)(=O)c1cccc(C(N)=S)c1. The van der Waals surface area contributed by atoms with Crippen LogP contribution in [-0.4, -0.2) is 18.4 Å². The van der Waals surface area contributed by atoms with Crippen LogP contribution in [0.1, 0.15) is 16.8 Å². The Morgan fingerprint density at radius 1 is 1.33 bits per heavy atom. The molecule has 0 saturated carbocycles. The van der Waals surface area contributed by atoms with Crippen LogP contribution in [-0.2, 0) is 16.6 Å². The third-order valence-corrected chi connectivity index (χ3v) is 4.61. The number of thiocarbonyl (C=S) groups is 1. The van der Waals surface area contributed by atoms with E-state index in [4.69, 9.17) is 18.0 Å². The lowest BCUT2D eigenvalue weighted by Crippen LogP contribution is -2.24. The van der Waals surface area contributed by atoms with Gasteiger partial charge in [-0.15, -0.1) is 0 Å². The van der Waals surface area contributed by atoms with Gasteiger partial charge in [-0.2, -0.15) is 0 Å². The highest BCUT2D eigenvalue weighted by Crippen LogP contribution is 2.12. The second kappa shape index (κ2) is 6.30. The standard InChI is InChI=1S/C14H15N3O2S2/c1-10-4-3-7-16-13(10)9-17-21(18,19)12-6-2-5-11(8-12)14(15)20/h2-8,17H,9H2,1H3,(H2,15,20). The lowest BCUT2D eigenvalue weighted by atomic mass is 10.2. The molecule has 0 aliphatic heterocycles. The van der Waals surface area contributed by atoms with Gasteiger partial charge in [0.05, 0.1) is 17.1 Å². The number of sulfonamides is 1. The topological polar surface area (TPSA) is 85.1 Å². The lowest BCUT2D eigenvalue weighted by molar-refractivity contribution is 0.580. The maximum atomic E-state index is 12.3. The Balaban J connectivity index is 2.21. The summed E-state index contributed by atoms with van der Waals surface area (Å²) in [6.07, 6.45) is 1.63. The van der Waals surface area contributed by atoms with Crippen LogP contribution in [0.5, 0.6) is 0 Å². The predicted octanol–water partition coefficient (Wildman–Crippen LogP) is 1.50. The number of aromatic nitrogens is 1. The minimum Gasteiger partial charge on any atom is -0.389 e. The first-order valence-corrected chi connectivity index (χ1v) is 8.09. The molecular weight excluding hydrogens is 306 g/mol. The second-order valence-electron chi connectivity index (χ2n) is 4.48. The van der Waals surface area contributed by atoms with E-state index in [-0.39, 0.29) is 16.4 Å². The number of hydrogen-bond acceptors (Lipinski definition) is 4. The van der Waals surface area contributed by atoms with E-state index in [9.17, 15) is 8.42 Å². The number of pyridine rings is 1. The molecule has 1 heterocycles. The molecule has 0 unspecified atom stereocenters. The predicted molar refractivity (Wildman–Crippen MR) is 85.3 cm³/mol. The van der Waals surface area contributed by atoms with Crippen molar-refractivity contribution in [1.29, 1.82) is 0 Å². The van der Waals surface area contributed by atoms with Crippen molar-refractivity contribution in [2.24, 2.45) is 5.73 Å². The van der Waals surface area contributed by atoms with Crippen molar-refractivity contribution in [2.75, 3.05) is 0 Å². The third kappa shape index (κ3) is 3.84. The van der Waals surface area contributed by atoms with E-state index in [1.54, 1.807) is 24.4 Å². The zero-order valence-electron chi connectivity index (χ0n) is 11.4. The van der Waals surface area contributed by atoms with Crippen molar-refractivity contribution in [3.05, 3.63) is 59.4 Å². The second-order valence-corrected chi connectivity index (χ2v) is 6.69. The fourth-order valence-electron chi connectivity index (χ4n) is 1.77. The molecule has 0 atom stereocenters. The molecule has 21 heavy (non-hydrogen) atoms. The molecule has 2 rings (SSSR count). The molecule has 1 aromatic heterocycles. The lowest BCUT2D eigenvalue weighted by Gasteiger charge is -2.09. The van der Waals surface area contributed by atoms with E-state index in [0.717, 1.165) is 5.56 Å². The van der Waals surface area contributed by atoms with E-state index < -0.39 is 10.0 Å². The number of nitrogens with two attached hydrogens (primary N) is 1. The molecule has 0 fully saturated rings. The molecule has 0 aliphatic rings. The Morgan fingerprint density at radius 3 is 2.76 bits per heavy atom. The van der Waals surface area contributed by atoms with E-state index >= 15 is 0 Å². The Hall–Kier alpha value is -1.83. The highest BCUT2D eigenvalue weighted by atomic mass is 32.2. The van der Waals surface area contributed by atoms with Gasteiger partial charge in [0.25, 0.3) is 0 Å². The van der Waals surface area contributed by atoms with Crippen LogP contribution in [0, 0.1) is 6.92 Å². The van der Waals surface area contributed by atoms with Crippen molar-refractivity contribution in [1.82, 2.24) is 9.71 Å². The van der Waals surface area contributed by atoms with E-state index in [1.165, 1.54) is 12.1 Å². The molecule has 5 nitrogen and oxygen atoms in total. The first-order chi connectivity index (χ1) is 9.90.